The smallest absolute Gasteiger partial charge is 0.261 e. The first-order valence-electron chi connectivity index (χ1n) is 8.78. The Morgan fingerprint density at radius 2 is 1.63 bits per heavy atom. The van der Waals surface area contributed by atoms with Crippen LogP contribution in [0.25, 0.3) is 0 Å². The Morgan fingerprint density at radius 3 is 2.19 bits per heavy atom. The molecule has 2 rings (SSSR count). The maximum Gasteiger partial charge on any atom is 0.261 e. The number of nitrogens with zero attached hydrogens (tertiary/aromatic N) is 1. The molecule has 2 amide bonds. The van der Waals surface area contributed by atoms with E-state index in [2.05, 4.69) is 5.32 Å². The van der Waals surface area contributed by atoms with Crippen molar-refractivity contribution in [3.63, 3.8) is 0 Å². The normalized spacial score (nSPS) is 11.4. The number of rotatable bonds is 8. The van der Waals surface area contributed by atoms with Crippen molar-refractivity contribution in [2.75, 3.05) is 20.8 Å². The van der Waals surface area contributed by atoms with Gasteiger partial charge in [0.2, 0.25) is 5.91 Å². The highest BCUT2D eigenvalue weighted by Crippen LogP contribution is 2.17. The molecular formula is C21H26N2O4. The number of benzene rings is 2. The van der Waals surface area contributed by atoms with Crippen LogP contribution < -0.4 is 14.8 Å². The summed E-state index contributed by atoms with van der Waals surface area (Å²) in [5.41, 5.74) is 2.09. The minimum atomic E-state index is -0.608. The van der Waals surface area contributed by atoms with Crippen molar-refractivity contribution >= 4 is 11.8 Å². The first kappa shape index (κ1) is 20.3. The lowest BCUT2D eigenvalue weighted by Crippen LogP contribution is -2.48. The van der Waals surface area contributed by atoms with Gasteiger partial charge < -0.3 is 19.7 Å². The fourth-order valence-corrected chi connectivity index (χ4v) is 2.58. The quantitative estimate of drug-likeness (QED) is 0.775. The van der Waals surface area contributed by atoms with Crippen LogP contribution in [-0.4, -0.2) is 43.5 Å². The lowest BCUT2D eigenvalue weighted by Gasteiger charge is -2.28. The highest BCUT2D eigenvalue weighted by Gasteiger charge is 2.25. The fraction of sp³-hybridized carbons (Fsp3) is 0.333. The van der Waals surface area contributed by atoms with E-state index in [9.17, 15) is 9.59 Å². The maximum atomic E-state index is 12.8. The molecule has 0 bridgehead atoms. The first-order chi connectivity index (χ1) is 12.9. The van der Waals surface area contributed by atoms with Crippen molar-refractivity contribution in [3.05, 3.63) is 59.7 Å². The van der Waals surface area contributed by atoms with E-state index in [1.807, 2.05) is 31.2 Å². The molecule has 0 fully saturated rings. The summed E-state index contributed by atoms with van der Waals surface area (Å²) >= 11 is 0. The van der Waals surface area contributed by atoms with Crippen LogP contribution in [0.1, 0.15) is 18.1 Å². The van der Waals surface area contributed by atoms with Crippen LogP contribution in [0.15, 0.2) is 48.5 Å². The van der Waals surface area contributed by atoms with Gasteiger partial charge in [-0.15, -0.1) is 0 Å². The molecule has 0 aliphatic rings. The highest BCUT2D eigenvalue weighted by molar-refractivity contribution is 5.87. The fourth-order valence-electron chi connectivity index (χ4n) is 2.58. The molecule has 27 heavy (non-hydrogen) atoms. The second kappa shape index (κ2) is 9.62. The van der Waals surface area contributed by atoms with Crippen molar-refractivity contribution in [2.24, 2.45) is 0 Å². The van der Waals surface area contributed by atoms with Gasteiger partial charge in [0, 0.05) is 13.6 Å². The Bertz CT molecular complexity index is 757. The zero-order chi connectivity index (χ0) is 19.8. The van der Waals surface area contributed by atoms with E-state index in [1.54, 1.807) is 45.3 Å². The second-order valence-corrected chi connectivity index (χ2v) is 6.26. The van der Waals surface area contributed by atoms with Gasteiger partial charge in [-0.25, -0.2) is 0 Å². The van der Waals surface area contributed by atoms with Gasteiger partial charge in [-0.05, 0) is 43.7 Å². The minimum Gasteiger partial charge on any atom is -0.497 e. The summed E-state index contributed by atoms with van der Waals surface area (Å²) in [6, 6.07) is 14.3. The van der Waals surface area contributed by atoms with Crippen LogP contribution in [0, 0.1) is 6.92 Å². The van der Waals surface area contributed by atoms with Crippen molar-refractivity contribution in [2.45, 2.75) is 26.4 Å². The van der Waals surface area contributed by atoms with E-state index in [-0.39, 0.29) is 18.4 Å². The molecule has 0 unspecified atom stereocenters. The molecule has 2 aromatic rings. The molecule has 1 N–H and O–H groups in total. The summed E-state index contributed by atoms with van der Waals surface area (Å²) in [5, 5.41) is 2.59. The van der Waals surface area contributed by atoms with E-state index >= 15 is 0 Å². The highest BCUT2D eigenvalue weighted by atomic mass is 16.5. The third-order valence-corrected chi connectivity index (χ3v) is 4.31. The number of hydrogen-bond acceptors (Lipinski definition) is 4. The molecule has 1 atom stereocenters. The van der Waals surface area contributed by atoms with Gasteiger partial charge in [-0.2, -0.15) is 0 Å². The SMILES string of the molecule is CNC(=O)[C@H](C)N(Cc1ccc(C)cc1)C(=O)COc1ccc(OC)cc1. The van der Waals surface area contributed by atoms with Gasteiger partial charge in [0.25, 0.3) is 5.91 Å². The molecule has 0 saturated carbocycles. The molecule has 0 aromatic heterocycles. The van der Waals surface area contributed by atoms with Crippen LogP contribution in [0.2, 0.25) is 0 Å². The van der Waals surface area contributed by atoms with E-state index in [0.29, 0.717) is 18.0 Å². The van der Waals surface area contributed by atoms with Crippen molar-refractivity contribution in [1.29, 1.82) is 0 Å². The molecule has 6 nitrogen and oxygen atoms in total. The lowest BCUT2D eigenvalue weighted by molar-refractivity contribution is -0.142. The lowest BCUT2D eigenvalue weighted by atomic mass is 10.1. The standard InChI is InChI=1S/C21H26N2O4/c1-15-5-7-17(8-6-15)13-23(16(2)21(25)22-3)20(24)14-27-19-11-9-18(26-4)10-12-19/h5-12,16H,13-14H2,1-4H3,(H,22,25)/t16-/m0/s1. The van der Waals surface area contributed by atoms with Crippen LogP contribution in [-0.2, 0) is 16.1 Å². The molecular weight excluding hydrogens is 344 g/mol. The monoisotopic (exact) mass is 370 g/mol. The summed E-state index contributed by atoms with van der Waals surface area (Å²) in [6.45, 7) is 3.89. The molecule has 6 heteroatoms. The molecule has 0 heterocycles. The van der Waals surface area contributed by atoms with Gasteiger partial charge in [-0.1, -0.05) is 29.8 Å². The summed E-state index contributed by atoms with van der Waals surface area (Å²) in [6.07, 6.45) is 0. The second-order valence-electron chi connectivity index (χ2n) is 6.26. The number of ether oxygens (including phenoxy) is 2. The Morgan fingerprint density at radius 1 is 1.04 bits per heavy atom. The summed E-state index contributed by atoms with van der Waals surface area (Å²) in [7, 11) is 3.14. The molecule has 0 aliphatic heterocycles. The molecule has 0 aliphatic carbocycles. The predicted molar refractivity (Wildman–Crippen MR) is 104 cm³/mol. The summed E-state index contributed by atoms with van der Waals surface area (Å²) in [4.78, 5) is 26.4. The number of methoxy groups -OCH3 is 1. The zero-order valence-corrected chi connectivity index (χ0v) is 16.2. The molecule has 0 spiro atoms. The molecule has 2 aromatic carbocycles. The predicted octanol–water partition coefficient (Wildman–Crippen LogP) is 2.55. The van der Waals surface area contributed by atoms with Crippen LogP contribution in [0.4, 0.5) is 0 Å². The van der Waals surface area contributed by atoms with Gasteiger partial charge in [0.1, 0.15) is 17.5 Å². The van der Waals surface area contributed by atoms with Gasteiger partial charge in [0.05, 0.1) is 7.11 Å². The first-order valence-corrected chi connectivity index (χ1v) is 8.78. The van der Waals surface area contributed by atoms with Crippen LogP contribution in [0.5, 0.6) is 11.5 Å². The number of amides is 2. The Hall–Kier alpha value is -3.02. The minimum absolute atomic E-state index is 0.153. The third kappa shape index (κ3) is 5.74. The zero-order valence-electron chi connectivity index (χ0n) is 16.2. The molecule has 0 saturated heterocycles. The van der Waals surface area contributed by atoms with Gasteiger partial charge in [-0.3, -0.25) is 9.59 Å². The average molecular weight is 370 g/mol. The number of hydrogen-bond donors (Lipinski definition) is 1. The summed E-state index contributed by atoms with van der Waals surface area (Å²) < 4.78 is 10.7. The van der Waals surface area contributed by atoms with E-state index in [1.165, 1.54) is 4.90 Å². The van der Waals surface area contributed by atoms with Gasteiger partial charge in [0.15, 0.2) is 6.61 Å². The largest absolute Gasteiger partial charge is 0.497 e. The topological polar surface area (TPSA) is 67.9 Å². The number of aryl methyl sites for hydroxylation is 1. The number of carbonyl (C=O) groups is 2. The Balaban J connectivity index is 2.09. The Labute approximate surface area is 160 Å². The van der Waals surface area contributed by atoms with Crippen molar-refractivity contribution < 1.29 is 19.1 Å². The third-order valence-electron chi connectivity index (χ3n) is 4.31. The van der Waals surface area contributed by atoms with Crippen LogP contribution >= 0.6 is 0 Å². The van der Waals surface area contributed by atoms with E-state index < -0.39 is 6.04 Å². The summed E-state index contributed by atoms with van der Waals surface area (Å²) in [5.74, 6) is 0.789. The average Bonchev–Trinajstić information content (AvgIpc) is 2.70. The maximum absolute atomic E-state index is 12.8. The van der Waals surface area contributed by atoms with E-state index in [0.717, 1.165) is 11.1 Å². The number of carbonyl (C=O) groups excluding carboxylic acids is 2. The molecule has 144 valence electrons. The van der Waals surface area contributed by atoms with Gasteiger partial charge >= 0.3 is 0 Å². The van der Waals surface area contributed by atoms with Crippen molar-refractivity contribution in [3.8, 4) is 11.5 Å². The number of nitrogens with one attached hydrogen (secondary N) is 1. The number of likely N-dealkylation sites (N-methyl/N-ethyl adjacent to an activating group) is 1. The van der Waals surface area contributed by atoms with Crippen LogP contribution in [0.3, 0.4) is 0 Å². The van der Waals surface area contributed by atoms with Crippen molar-refractivity contribution in [1.82, 2.24) is 10.2 Å². The van der Waals surface area contributed by atoms with E-state index in [4.69, 9.17) is 9.47 Å². The molecule has 0 radical (unpaired) electrons. The Kier molecular flexibility index (Phi) is 7.23.